The fourth-order valence-electron chi connectivity index (χ4n) is 0.908. The maximum Gasteiger partial charge on any atom is 0.335 e. The van der Waals surface area contributed by atoms with Crippen molar-refractivity contribution in [3.8, 4) is 0 Å². The van der Waals surface area contributed by atoms with E-state index in [1.54, 1.807) is 0 Å². The van der Waals surface area contributed by atoms with Crippen LogP contribution in [0.15, 0.2) is 11.6 Å². The summed E-state index contributed by atoms with van der Waals surface area (Å²) in [6, 6.07) is 0. The van der Waals surface area contributed by atoms with Gasteiger partial charge in [-0.3, -0.25) is 0 Å². The summed E-state index contributed by atoms with van der Waals surface area (Å²) in [7, 11) is 1.37. The molecule has 76 valence electrons. The molecule has 1 atom stereocenters. The molecule has 0 spiro atoms. The van der Waals surface area contributed by atoms with Crippen LogP contribution in [0.1, 0.15) is 27.2 Å². The predicted molar refractivity (Wildman–Crippen MR) is 51.5 cm³/mol. The molecule has 0 bridgehead atoms. The van der Waals surface area contributed by atoms with Crippen LogP contribution in [-0.4, -0.2) is 25.8 Å². The van der Waals surface area contributed by atoms with Gasteiger partial charge in [0.1, 0.15) is 0 Å². The van der Waals surface area contributed by atoms with E-state index >= 15 is 0 Å². The van der Waals surface area contributed by atoms with E-state index in [0.29, 0.717) is 13.0 Å². The molecule has 0 saturated heterocycles. The molecule has 0 aliphatic heterocycles. The number of hydrogen-bond acceptors (Lipinski definition) is 3. The van der Waals surface area contributed by atoms with Crippen molar-refractivity contribution >= 4 is 5.97 Å². The largest absolute Gasteiger partial charge is 0.467 e. The standard InChI is InChI=1S/C10H18O3/c1-5-13-9(10(11)12-4)7-6-8(2)3/h6,9H,5,7H2,1-4H3. The third-order valence-corrected chi connectivity index (χ3v) is 1.57. The van der Waals surface area contributed by atoms with Gasteiger partial charge in [-0.05, 0) is 20.8 Å². The monoisotopic (exact) mass is 186 g/mol. The van der Waals surface area contributed by atoms with Crippen LogP contribution in [0.25, 0.3) is 0 Å². The Kier molecular flexibility index (Phi) is 6.24. The molecule has 0 heterocycles. The average Bonchev–Trinajstić information content (AvgIpc) is 2.10. The molecule has 3 nitrogen and oxygen atoms in total. The number of allylic oxidation sites excluding steroid dienone is 1. The van der Waals surface area contributed by atoms with Crippen molar-refractivity contribution in [1.29, 1.82) is 0 Å². The number of esters is 1. The zero-order valence-corrected chi connectivity index (χ0v) is 8.79. The molecule has 0 aliphatic carbocycles. The first kappa shape index (κ1) is 12.2. The Morgan fingerprint density at radius 3 is 2.46 bits per heavy atom. The van der Waals surface area contributed by atoms with Crippen molar-refractivity contribution in [2.24, 2.45) is 0 Å². The molecule has 3 heteroatoms. The van der Waals surface area contributed by atoms with Crippen molar-refractivity contribution in [3.05, 3.63) is 11.6 Å². The summed E-state index contributed by atoms with van der Waals surface area (Å²) in [6.07, 6.45) is 2.10. The zero-order chi connectivity index (χ0) is 10.3. The topological polar surface area (TPSA) is 35.5 Å². The molecular formula is C10H18O3. The fraction of sp³-hybridized carbons (Fsp3) is 0.700. The first-order valence-corrected chi connectivity index (χ1v) is 4.44. The minimum Gasteiger partial charge on any atom is -0.467 e. The van der Waals surface area contributed by atoms with Gasteiger partial charge >= 0.3 is 5.97 Å². The molecule has 0 radical (unpaired) electrons. The summed E-state index contributed by atoms with van der Waals surface area (Å²) in [5.41, 5.74) is 1.17. The lowest BCUT2D eigenvalue weighted by Crippen LogP contribution is -2.25. The van der Waals surface area contributed by atoms with Gasteiger partial charge < -0.3 is 9.47 Å². The Hall–Kier alpha value is -0.830. The lowest BCUT2D eigenvalue weighted by molar-refractivity contribution is -0.153. The highest BCUT2D eigenvalue weighted by Gasteiger charge is 2.17. The number of methoxy groups -OCH3 is 1. The Morgan fingerprint density at radius 1 is 1.46 bits per heavy atom. The van der Waals surface area contributed by atoms with Gasteiger partial charge in [0.2, 0.25) is 0 Å². The van der Waals surface area contributed by atoms with E-state index in [4.69, 9.17) is 4.74 Å². The van der Waals surface area contributed by atoms with Crippen molar-refractivity contribution in [2.45, 2.75) is 33.3 Å². The molecule has 0 rings (SSSR count). The smallest absolute Gasteiger partial charge is 0.335 e. The van der Waals surface area contributed by atoms with Crippen LogP contribution in [0.4, 0.5) is 0 Å². The number of rotatable bonds is 5. The van der Waals surface area contributed by atoms with Crippen LogP contribution in [0.2, 0.25) is 0 Å². The summed E-state index contributed by atoms with van der Waals surface area (Å²) in [5.74, 6) is -0.306. The molecule has 0 aromatic carbocycles. The maximum atomic E-state index is 11.1. The second-order valence-electron chi connectivity index (χ2n) is 2.98. The maximum absolute atomic E-state index is 11.1. The summed E-state index contributed by atoms with van der Waals surface area (Å²) < 4.78 is 9.83. The molecule has 0 amide bonds. The number of ether oxygens (including phenoxy) is 2. The van der Waals surface area contributed by atoms with Crippen molar-refractivity contribution in [1.82, 2.24) is 0 Å². The normalized spacial score (nSPS) is 12.0. The first-order chi connectivity index (χ1) is 6.11. The van der Waals surface area contributed by atoms with Gasteiger partial charge in [-0.25, -0.2) is 4.79 Å². The van der Waals surface area contributed by atoms with Crippen molar-refractivity contribution in [2.75, 3.05) is 13.7 Å². The van der Waals surface area contributed by atoms with E-state index in [1.807, 2.05) is 26.8 Å². The third kappa shape index (κ3) is 5.42. The van der Waals surface area contributed by atoms with Crippen LogP contribution < -0.4 is 0 Å². The van der Waals surface area contributed by atoms with Gasteiger partial charge in [0.15, 0.2) is 6.10 Å². The van der Waals surface area contributed by atoms with Crippen molar-refractivity contribution < 1.29 is 14.3 Å². The van der Waals surface area contributed by atoms with Gasteiger partial charge in [0.25, 0.3) is 0 Å². The number of carbonyl (C=O) groups is 1. The summed E-state index contributed by atoms with van der Waals surface area (Å²) >= 11 is 0. The molecule has 0 saturated carbocycles. The number of hydrogen-bond donors (Lipinski definition) is 0. The van der Waals surface area contributed by atoms with Crippen LogP contribution in [-0.2, 0) is 14.3 Å². The van der Waals surface area contributed by atoms with E-state index in [-0.39, 0.29) is 5.97 Å². The number of carbonyl (C=O) groups excluding carboxylic acids is 1. The van der Waals surface area contributed by atoms with Gasteiger partial charge in [-0.2, -0.15) is 0 Å². The Morgan fingerprint density at radius 2 is 2.08 bits per heavy atom. The van der Waals surface area contributed by atoms with Crippen LogP contribution in [0, 0.1) is 0 Å². The zero-order valence-electron chi connectivity index (χ0n) is 8.79. The quantitative estimate of drug-likeness (QED) is 0.486. The van der Waals surface area contributed by atoms with Crippen molar-refractivity contribution in [3.63, 3.8) is 0 Å². The Bertz CT molecular complexity index is 181. The molecule has 13 heavy (non-hydrogen) atoms. The summed E-state index contributed by atoms with van der Waals surface area (Å²) in [6.45, 7) is 6.36. The van der Waals surface area contributed by atoms with E-state index in [0.717, 1.165) is 0 Å². The molecule has 0 aromatic rings. The Labute approximate surface area is 79.7 Å². The van der Waals surface area contributed by atoms with Gasteiger partial charge in [-0.1, -0.05) is 11.6 Å². The molecule has 0 aliphatic rings. The summed E-state index contributed by atoms with van der Waals surface area (Å²) in [4.78, 5) is 11.1. The third-order valence-electron chi connectivity index (χ3n) is 1.57. The molecular weight excluding hydrogens is 168 g/mol. The Balaban J connectivity index is 4.09. The van der Waals surface area contributed by atoms with Crippen LogP contribution >= 0.6 is 0 Å². The van der Waals surface area contributed by atoms with Gasteiger partial charge in [0.05, 0.1) is 7.11 Å². The first-order valence-electron chi connectivity index (χ1n) is 4.44. The van der Waals surface area contributed by atoms with E-state index in [1.165, 1.54) is 12.7 Å². The van der Waals surface area contributed by atoms with E-state index < -0.39 is 6.10 Å². The molecule has 1 unspecified atom stereocenters. The highest BCUT2D eigenvalue weighted by molar-refractivity contribution is 5.74. The average molecular weight is 186 g/mol. The SMILES string of the molecule is CCOC(CC=C(C)C)C(=O)OC. The van der Waals surface area contributed by atoms with Gasteiger partial charge in [0, 0.05) is 13.0 Å². The van der Waals surface area contributed by atoms with Gasteiger partial charge in [-0.15, -0.1) is 0 Å². The second kappa shape index (κ2) is 6.66. The summed E-state index contributed by atoms with van der Waals surface area (Å²) in [5, 5.41) is 0. The molecule has 0 fully saturated rings. The highest BCUT2D eigenvalue weighted by Crippen LogP contribution is 2.04. The van der Waals surface area contributed by atoms with Crippen LogP contribution in [0.3, 0.4) is 0 Å². The molecule has 0 N–H and O–H groups in total. The lowest BCUT2D eigenvalue weighted by atomic mass is 10.2. The fourth-order valence-corrected chi connectivity index (χ4v) is 0.908. The lowest BCUT2D eigenvalue weighted by Gasteiger charge is -2.12. The predicted octanol–water partition coefficient (Wildman–Crippen LogP) is 1.92. The minimum atomic E-state index is -0.454. The van der Waals surface area contributed by atoms with E-state index in [9.17, 15) is 4.79 Å². The molecule has 0 aromatic heterocycles. The second-order valence-corrected chi connectivity index (χ2v) is 2.98. The highest BCUT2D eigenvalue weighted by atomic mass is 16.6. The van der Waals surface area contributed by atoms with E-state index in [2.05, 4.69) is 4.74 Å². The minimum absolute atomic E-state index is 0.306. The van der Waals surface area contributed by atoms with Crippen LogP contribution in [0.5, 0.6) is 0 Å².